The summed E-state index contributed by atoms with van der Waals surface area (Å²) in [6.45, 7) is 0. The first kappa shape index (κ1) is 13.2. The Morgan fingerprint density at radius 1 is 1.00 bits per heavy atom. The number of nitrogens with zero attached hydrogens (tertiary/aromatic N) is 3. The van der Waals surface area contributed by atoms with Crippen LogP contribution >= 0.6 is 0 Å². The van der Waals surface area contributed by atoms with Crippen molar-refractivity contribution >= 4 is 23.5 Å². The Morgan fingerprint density at radius 3 is 2.35 bits per heavy atom. The van der Waals surface area contributed by atoms with Gasteiger partial charge in [0.1, 0.15) is 6.07 Å². The van der Waals surface area contributed by atoms with Crippen LogP contribution in [-0.4, -0.2) is 21.8 Å². The summed E-state index contributed by atoms with van der Waals surface area (Å²) in [7, 11) is 0. The molecule has 2 amide bonds. The second-order valence-corrected chi connectivity index (χ2v) is 3.64. The van der Waals surface area contributed by atoms with Crippen molar-refractivity contribution in [3.8, 4) is 6.07 Å². The molecule has 1 heterocycles. The van der Waals surface area contributed by atoms with Crippen molar-refractivity contribution in [1.29, 1.82) is 5.26 Å². The maximum Gasteiger partial charge on any atom is 0.316 e. The quantitative estimate of drug-likeness (QED) is 0.787. The fourth-order valence-corrected chi connectivity index (χ4v) is 1.39. The lowest BCUT2D eigenvalue weighted by Gasteiger charge is -2.06. The monoisotopic (exact) mass is 267 g/mol. The van der Waals surface area contributed by atoms with Crippen molar-refractivity contribution in [2.75, 3.05) is 10.6 Å². The van der Waals surface area contributed by atoms with Gasteiger partial charge in [-0.05, 0) is 18.2 Å². The molecule has 2 aromatic rings. The van der Waals surface area contributed by atoms with Gasteiger partial charge in [-0.1, -0.05) is 12.1 Å². The molecular formula is C13H9N5O2. The van der Waals surface area contributed by atoms with Gasteiger partial charge in [-0.25, -0.2) is 9.97 Å². The summed E-state index contributed by atoms with van der Waals surface area (Å²) >= 11 is 0. The number of carbonyl (C=O) groups excluding carboxylic acids is 2. The molecular weight excluding hydrogens is 258 g/mol. The Kier molecular flexibility index (Phi) is 3.99. The largest absolute Gasteiger partial charge is 0.317 e. The first-order valence-electron chi connectivity index (χ1n) is 5.59. The van der Waals surface area contributed by atoms with Crippen molar-refractivity contribution in [1.82, 2.24) is 9.97 Å². The highest BCUT2D eigenvalue weighted by molar-refractivity contribution is 6.43. The third kappa shape index (κ3) is 3.14. The van der Waals surface area contributed by atoms with E-state index < -0.39 is 11.8 Å². The number of benzene rings is 1. The molecule has 0 radical (unpaired) electrons. The highest BCUT2D eigenvalue weighted by Gasteiger charge is 2.16. The van der Waals surface area contributed by atoms with Gasteiger partial charge in [0.15, 0.2) is 0 Å². The number of amides is 2. The van der Waals surface area contributed by atoms with Gasteiger partial charge >= 0.3 is 11.8 Å². The van der Waals surface area contributed by atoms with Crippen molar-refractivity contribution in [3.63, 3.8) is 0 Å². The average molecular weight is 267 g/mol. The van der Waals surface area contributed by atoms with Gasteiger partial charge in [-0.3, -0.25) is 14.9 Å². The summed E-state index contributed by atoms with van der Waals surface area (Å²) in [5.41, 5.74) is 0.536. The lowest BCUT2D eigenvalue weighted by atomic mass is 10.2. The fraction of sp³-hybridized carbons (Fsp3) is 0. The lowest BCUT2D eigenvalue weighted by molar-refractivity contribution is -0.133. The van der Waals surface area contributed by atoms with E-state index in [9.17, 15) is 9.59 Å². The van der Waals surface area contributed by atoms with Crippen LogP contribution in [0.1, 0.15) is 5.56 Å². The highest BCUT2D eigenvalue weighted by Crippen LogP contribution is 2.13. The minimum Gasteiger partial charge on any atom is -0.317 e. The molecule has 7 nitrogen and oxygen atoms in total. The molecule has 7 heteroatoms. The first-order chi connectivity index (χ1) is 9.70. The summed E-state index contributed by atoms with van der Waals surface area (Å²) < 4.78 is 0. The third-order valence-electron chi connectivity index (χ3n) is 2.29. The first-order valence-corrected chi connectivity index (χ1v) is 5.59. The van der Waals surface area contributed by atoms with E-state index in [2.05, 4.69) is 20.6 Å². The normalized spacial score (nSPS) is 9.35. The smallest absolute Gasteiger partial charge is 0.316 e. The summed E-state index contributed by atoms with van der Waals surface area (Å²) in [4.78, 5) is 30.9. The van der Waals surface area contributed by atoms with Crippen LogP contribution in [0.4, 0.5) is 11.6 Å². The van der Waals surface area contributed by atoms with Crippen LogP contribution in [0.15, 0.2) is 42.7 Å². The van der Waals surface area contributed by atoms with E-state index in [1.54, 1.807) is 18.2 Å². The van der Waals surface area contributed by atoms with E-state index in [1.807, 2.05) is 6.07 Å². The van der Waals surface area contributed by atoms with Gasteiger partial charge in [-0.2, -0.15) is 5.26 Å². The number of carbonyl (C=O) groups is 2. The molecule has 1 aromatic heterocycles. The van der Waals surface area contributed by atoms with E-state index in [0.717, 1.165) is 0 Å². The number of nitriles is 1. The Balaban J connectivity index is 2.05. The summed E-state index contributed by atoms with van der Waals surface area (Å²) in [5, 5.41) is 13.5. The lowest BCUT2D eigenvalue weighted by Crippen LogP contribution is -2.30. The highest BCUT2D eigenvalue weighted by atomic mass is 16.2. The Bertz CT molecular complexity index is 679. The average Bonchev–Trinajstić information content (AvgIpc) is 2.48. The minimum atomic E-state index is -0.913. The van der Waals surface area contributed by atoms with Gasteiger partial charge in [0.05, 0.1) is 11.3 Å². The van der Waals surface area contributed by atoms with Gasteiger partial charge in [0.25, 0.3) is 0 Å². The van der Waals surface area contributed by atoms with E-state index in [1.165, 1.54) is 24.5 Å². The number of rotatable bonds is 2. The van der Waals surface area contributed by atoms with Crippen molar-refractivity contribution in [3.05, 3.63) is 48.3 Å². The molecule has 0 bridgehead atoms. The molecule has 0 fully saturated rings. The predicted octanol–water partition coefficient (Wildman–Crippen LogP) is 0.925. The molecule has 0 aliphatic carbocycles. The van der Waals surface area contributed by atoms with E-state index in [0.29, 0.717) is 0 Å². The maximum absolute atomic E-state index is 11.7. The van der Waals surface area contributed by atoms with Crippen LogP contribution in [-0.2, 0) is 9.59 Å². The zero-order chi connectivity index (χ0) is 14.4. The second-order valence-electron chi connectivity index (χ2n) is 3.64. The van der Waals surface area contributed by atoms with Crippen molar-refractivity contribution < 1.29 is 9.59 Å². The summed E-state index contributed by atoms with van der Waals surface area (Å²) in [6, 6.07) is 9.87. The van der Waals surface area contributed by atoms with E-state index in [4.69, 9.17) is 5.26 Å². The van der Waals surface area contributed by atoms with Crippen LogP contribution in [0, 0.1) is 11.3 Å². The number of anilines is 2. The zero-order valence-electron chi connectivity index (χ0n) is 10.2. The number of nitrogens with one attached hydrogen (secondary N) is 2. The fourth-order valence-electron chi connectivity index (χ4n) is 1.39. The van der Waals surface area contributed by atoms with Crippen molar-refractivity contribution in [2.24, 2.45) is 0 Å². The standard InChI is InChI=1S/C13H9N5O2/c14-8-9-4-1-2-5-10(9)17-11(19)12(20)18-13-15-6-3-7-16-13/h1-7H,(H,17,19)(H,15,16,18,20). The van der Waals surface area contributed by atoms with Gasteiger partial charge in [-0.15, -0.1) is 0 Å². The summed E-state index contributed by atoms with van der Waals surface area (Å²) in [6.07, 6.45) is 2.87. The van der Waals surface area contributed by atoms with Crippen LogP contribution in [0.5, 0.6) is 0 Å². The Hall–Kier alpha value is -3.27. The third-order valence-corrected chi connectivity index (χ3v) is 2.29. The topological polar surface area (TPSA) is 108 Å². The van der Waals surface area contributed by atoms with Gasteiger partial charge in [0.2, 0.25) is 5.95 Å². The van der Waals surface area contributed by atoms with E-state index >= 15 is 0 Å². The molecule has 0 spiro atoms. The predicted molar refractivity (Wildman–Crippen MR) is 70.4 cm³/mol. The number of hydrogen-bond acceptors (Lipinski definition) is 5. The second kappa shape index (κ2) is 6.06. The maximum atomic E-state index is 11.7. The Morgan fingerprint density at radius 2 is 1.65 bits per heavy atom. The van der Waals surface area contributed by atoms with E-state index in [-0.39, 0.29) is 17.2 Å². The van der Waals surface area contributed by atoms with Crippen LogP contribution < -0.4 is 10.6 Å². The number of aromatic nitrogens is 2. The zero-order valence-corrected chi connectivity index (χ0v) is 10.2. The van der Waals surface area contributed by atoms with Crippen LogP contribution in [0.25, 0.3) is 0 Å². The van der Waals surface area contributed by atoms with Gasteiger partial charge in [0, 0.05) is 12.4 Å². The molecule has 20 heavy (non-hydrogen) atoms. The molecule has 2 N–H and O–H groups in total. The SMILES string of the molecule is N#Cc1ccccc1NC(=O)C(=O)Nc1ncccn1. The minimum absolute atomic E-state index is 0.0289. The molecule has 0 saturated heterocycles. The summed E-state index contributed by atoms with van der Waals surface area (Å²) in [5.74, 6) is -1.79. The molecule has 0 aliphatic rings. The molecule has 1 aromatic carbocycles. The Labute approximate surface area is 114 Å². The van der Waals surface area contributed by atoms with Crippen LogP contribution in [0.3, 0.4) is 0 Å². The number of hydrogen-bond donors (Lipinski definition) is 2. The molecule has 0 unspecified atom stereocenters. The molecule has 0 saturated carbocycles. The molecule has 98 valence electrons. The van der Waals surface area contributed by atoms with Crippen LogP contribution in [0.2, 0.25) is 0 Å². The molecule has 0 aliphatic heterocycles. The molecule has 0 atom stereocenters. The number of para-hydroxylation sites is 1. The molecule has 2 rings (SSSR count). The van der Waals surface area contributed by atoms with Gasteiger partial charge < -0.3 is 5.32 Å². The van der Waals surface area contributed by atoms with Crippen molar-refractivity contribution in [2.45, 2.75) is 0 Å².